The Labute approximate surface area is 132 Å². The SMILES string of the molecule is CCCCNC(N)=NCc1ccc(C)cc1OC.I. The Bertz CT molecular complexity index is 408. The van der Waals surface area contributed by atoms with Gasteiger partial charge in [0.25, 0.3) is 0 Å². The van der Waals surface area contributed by atoms with Crippen molar-refractivity contribution in [2.75, 3.05) is 13.7 Å². The second-order valence-corrected chi connectivity index (χ2v) is 4.30. The smallest absolute Gasteiger partial charge is 0.188 e. The number of aliphatic imine (C=N–C) groups is 1. The maximum absolute atomic E-state index is 5.78. The van der Waals surface area contributed by atoms with Crippen molar-refractivity contribution in [1.82, 2.24) is 5.32 Å². The number of benzene rings is 1. The van der Waals surface area contributed by atoms with Crippen molar-refractivity contribution in [3.05, 3.63) is 29.3 Å². The van der Waals surface area contributed by atoms with E-state index in [1.165, 1.54) is 5.56 Å². The molecular formula is C14H24IN3O. The maximum Gasteiger partial charge on any atom is 0.188 e. The highest BCUT2D eigenvalue weighted by Gasteiger charge is 2.02. The van der Waals surface area contributed by atoms with Crippen LogP contribution in [-0.2, 0) is 6.54 Å². The third kappa shape index (κ3) is 6.66. The van der Waals surface area contributed by atoms with Crippen LogP contribution in [0.15, 0.2) is 23.2 Å². The van der Waals surface area contributed by atoms with Gasteiger partial charge in [-0.1, -0.05) is 25.5 Å². The summed E-state index contributed by atoms with van der Waals surface area (Å²) in [5, 5.41) is 3.09. The molecule has 0 aliphatic carbocycles. The molecule has 0 aliphatic heterocycles. The quantitative estimate of drug-likeness (QED) is 0.347. The van der Waals surface area contributed by atoms with E-state index in [0.29, 0.717) is 12.5 Å². The number of ether oxygens (including phenoxy) is 1. The third-order valence-electron chi connectivity index (χ3n) is 2.70. The van der Waals surface area contributed by atoms with Crippen molar-refractivity contribution < 1.29 is 4.74 Å². The highest BCUT2D eigenvalue weighted by Crippen LogP contribution is 2.20. The van der Waals surface area contributed by atoms with E-state index in [4.69, 9.17) is 10.5 Å². The Morgan fingerprint density at radius 3 is 2.79 bits per heavy atom. The minimum Gasteiger partial charge on any atom is -0.496 e. The fourth-order valence-electron chi connectivity index (χ4n) is 1.60. The molecule has 0 heterocycles. The second-order valence-electron chi connectivity index (χ2n) is 4.30. The van der Waals surface area contributed by atoms with Crippen LogP contribution in [0, 0.1) is 6.92 Å². The molecule has 0 saturated heterocycles. The van der Waals surface area contributed by atoms with Crippen molar-refractivity contribution in [3.63, 3.8) is 0 Å². The van der Waals surface area contributed by atoms with Gasteiger partial charge in [0, 0.05) is 12.1 Å². The van der Waals surface area contributed by atoms with E-state index in [-0.39, 0.29) is 24.0 Å². The standard InChI is InChI=1S/C14H23N3O.HI/c1-4-5-8-16-14(15)17-10-12-7-6-11(2)9-13(12)18-3;/h6-7,9H,4-5,8,10H2,1-3H3,(H3,15,16,17);1H. The first-order chi connectivity index (χ1) is 8.67. The summed E-state index contributed by atoms with van der Waals surface area (Å²) in [6, 6.07) is 6.08. The number of nitrogens with two attached hydrogens (primary N) is 1. The topological polar surface area (TPSA) is 59.6 Å². The molecule has 0 aromatic heterocycles. The first kappa shape index (κ1) is 18.0. The van der Waals surface area contributed by atoms with Crippen LogP contribution in [0.25, 0.3) is 0 Å². The number of aryl methyl sites for hydroxylation is 1. The average molecular weight is 377 g/mol. The number of unbranched alkanes of at least 4 members (excludes halogenated alkanes) is 1. The third-order valence-corrected chi connectivity index (χ3v) is 2.70. The van der Waals surface area contributed by atoms with Crippen molar-refractivity contribution >= 4 is 29.9 Å². The molecule has 1 rings (SSSR count). The normalized spacial score (nSPS) is 10.8. The molecule has 1 aromatic rings. The summed E-state index contributed by atoms with van der Waals surface area (Å²) < 4.78 is 5.33. The summed E-state index contributed by atoms with van der Waals surface area (Å²) >= 11 is 0. The van der Waals surface area contributed by atoms with Gasteiger partial charge in [-0.15, -0.1) is 24.0 Å². The lowest BCUT2D eigenvalue weighted by molar-refractivity contribution is 0.409. The highest BCUT2D eigenvalue weighted by atomic mass is 127. The van der Waals surface area contributed by atoms with Gasteiger partial charge in [-0.05, 0) is 25.0 Å². The van der Waals surface area contributed by atoms with Gasteiger partial charge in [0.15, 0.2) is 5.96 Å². The van der Waals surface area contributed by atoms with E-state index in [1.54, 1.807) is 7.11 Å². The molecule has 5 heteroatoms. The molecule has 0 amide bonds. The summed E-state index contributed by atoms with van der Waals surface area (Å²) in [6.07, 6.45) is 2.25. The molecule has 1 aromatic carbocycles. The number of halogens is 1. The molecule has 108 valence electrons. The zero-order chi connectivity index (χ0) is 13.4. The average Bonchev–Trinajstić information content (AvgIpc) is 2.37. The Hall–Kier alpha value is -0.980. The fraction of sp³-hybridized carbons (Fsp3) is 0.500. The van der Waals surface area contributed by atoms with E-state index >= 15 is 0 Å². The predicted octanol–water partition coefficient (Wildman–Crippen LogP) is 2.83. The van der Waals surface area contributed by atoms with E-state index in [0.717, 1.165) is 30.7 Å². The van der Waals surface area contributed by atoms with Gasteiger partial charge in [-0.3, -0.25) is 0 Å². The Balaban J connectivity index is 0.00000324. The van der Waals surface area contributed by atoms with Crippen molar-refractivity contribution in [2.45, 2.75) is 33.2 Å². The van der Waals surface area contributed by atoms with Gasteiger partial charge >= 0.3 is 0 Å². The minimum atomic E-state index is 0. The largest absolute Gasteiger partial charge is 0.496 e. The van der Waals surface area contributed by atoms with E-state index in [9.17, 15) is 0 Å². The molecule has 19 heavy (non-hydrogen) atoms. The summed E-state index contributed by atoms with van der Waals surface area (Å²) in [5.74, 6) is 1.35. The fourth-order valence-corrected chi connectivity index (χ4v) is 1.60. The van der Waals surface area contributed by atoms with Gasteiger partial charge in [-0.2, -0.15) is 0 Å². The predicted molar refractivity (Wildman–Crippen MR) is 91.4 cm³/mol. The molecule has 4 nitrogen and oxygen atoms in total. The molecule has 3 N–H and O–H groups in total. The number of hydrogen-bond donors (Lipinski definition) is 2. The molecule has 0 atom stereocenters. The Morgan fingerprint density at radius 1 is 1.42 bits per heavy atom. The van der Waals surface area contributed by atoms with E-state index in [1.807, 2.05) is 25.1 Å². The van der Waals surface area contributed by atoms with Gasteiger partial charge in [0.05, 0.1) is 13.7 Å². The van der Waals surface area contributed by atoms with Crippen LogP contribution in [0.1, 0.15) is 30.9 Å². The lowest BCUT2D eigenvalue weighted by Gasteiger charge is -2.08. The van der Waals surface area contributed by atoms with Crippen molar-refractivity contribution in [3.8, 4) is 5.75 Å². The molecule has 0 fully saturated rings. The van der Waals surface area contributed by atoms with E-state index < -0.39 is 0 Å². The van der Waals surface area contributed by atoms with Crippen LogP contribution in [-0.4, -0.2) is 19.6 Å². The number of hydrogen-bond acceptors (Lipinski definition) is 2. The molecule has 0 spiro atoms. The first-order valence-electron chi connectivity index (χ1n) is 6.34. The number of nitrogens with one attached hydrogen (secondary N) is 1. The maximum atomic E-state index is 5.78. The lowest BCUT2D eigenvalue weighted by atomic mass is 10.1. The van der Waals surface area contributed by atoms with Crippen molar-refractivity contribution in [1.29, 1.82) is 0 Å². The van der Waals surface area contributed by atoms with Gasteiger partial charge in [-0.25, -0.2) is 4.99 Å². The summed E-state index contributed by atoms with van der Waals surface area (Å²) in [4.78, 5) is 4.31. The molecule has 0 aliphatic rings. The van der Waals surface area contributed by atoms with Crippen LogP contribution in [0.5, 0.6) is 5.75 Å². The van der Waals surface area contributed by atoms with Crippen LogP contribution in [0.2, 0.25) is 0 Å². The Kier molecular flexibility index (Phi) is 9.38. The summed E-state index contributed by atoms with van der Waals surface area (Å²) in [5.41, 5.74) is 8.00. The Morgan fingerprint density at radius 2 is 2.16 bits per heavy atom. The first-order valence-corrected chi connectivity index (χ1v) is 6.34. The summed E-state index contributed by atoms with van der Waals surface area (Å²) in [6.45, 7) is 5.59. The molecule has 0 unspecified atom stereocenters. The second kappa shape index (κ2) is 9.89. The monoisotopic (exact) mass is 377 g/mol. The number of methoxy groups -OCH3 is 1. The minimum absolute atomic E-state index is 0. The number of guanidine groups is 1. The number of nitrogens with zero attached hydrogens (tertiary/aromatic N) is 1. The van der Waals surface area contributed by atoms with Crippen molar-refractivity contribution in [2.24, 2.45) is 10.7 Å². The van der Waals surface area contributed by atoms with Crippen LogP contribution < -0.4 is 15.8 Å². The summed E-state index contributed by atoms with van der Waals surface area (Å²) in [7, 11) is 1.67. The lowest BCUT2D eigenvalue weighted by Crippen LogP contribution is -2.32. The van der Waals surface area contributed by atoms with E-state index in [2.05, 4.69) is 17.2 Å². The van der Waals surface area contributed by atoms with Crippen LogP contribution in [0.3, 0.4) is 0 Å². The number of rotatable bonds is 6. The highest BCUT2D eigenvalue weighted by molar-refractivity contribution is 14.0. The van der Waals surface area contributed by atoms with Crippen LogP contribution in [0.4, 0.5) is 0 Å². The van der Waals surface area contributed by atoms with Crippen LogP contribution >= 0.6 is 24.0 Å². The molecule has 0 radical (unpaired) electrons. The van der Waals surface area contributed by atoms with Gasteiger partial charge in [0.2, 0.25) is 0 Å². The zero-order valence-corrected chi connectivity index (χ0v) is 14.2. The zero-order valence-electron chi connectivity index (χ0n) is 11.9. The van der Waals surface area contributed by atoms with Gasteiger partial charge < -0.3 is 15.8 Å². The molecular weight excluding hydrogens is 353 g/mol. The molecule has 0 saturated carbocycles. The molecule has 0 bridgehead atoms. The van der Waals surface area contributed by atoms with Gasteiger partial charge in [0.1, 0.15) is 5.75 Å².